The molecule has 7 heteroatoms. The van der Waals surface area contributed by atoms with Gasteiger partial charge in [0.1, 0.15) is 5.75 Å². The zero-order valence-corrected chi connectivity index (χ0v) is 23.7. The van der Waals surface area contributed by atoms with Crippen molar-refractivity contribution in [3.63, 3.8) is 0 Å². The summed E-state index contributed by atoms with van der Waals surface area (Å²) in [6, 6.07) is 13.8. The van der Waals surface area contributed by atoms with E-state index in [1.54, 1.807) is 7.11 Å². The summed E-state index contributed by atoms with van der Waals surface area (Å²) in [6.07, 6.45) is 8.74. The van der Waals surface area contributed by atoms with E-state index in [2.05, 4.69) is 33.4 Å². The van der Waals surface area contributed by atoms with Gasteiger partial charge in [-0.3, -0.25) is 9.59 Å². The molecule has 0 spiro atoms. The minimum Gasteiger partial charge on any atom is -0.495 e. The fourth-order valence-electron chi connectivity index (χ4n) is 4.96. The number of ether oxygens (including phenoxy) is 1. The van der Waals surface area contributed by atoms with Crippen molar-refractivity contribution in [1.82, 2.24) is 5.32 Å². The number of nitrogens with one attached hydrogen (secondary N) is 2. The first kappa shape index (κ1) is 29.3. The summed E-state index contributed by atoms with van der Waals surface area (Å²) in [5.74, 6) is 0.756. The number of hydrogen-bond donors (Lipinski definition) is 2. The van der Waals surface area contributed by atoms with Crippen LogP contribution in [0.2, 0.25) is 0 Å². The van der Waals surface area contributed by atoms with Gasteiger partial charge in [-0.05, 0) is 50.6 Å². The van der Waals surface area contributed by atoms with Crippen LogP contribution in [0.25, 0.3) is 0 Å². The van der Waals surface area contributed by atoms with Crippen LogP contribution < -0.4 is 25.2 Å². The zero-order chi connectivity index (χ0) is 27.3. The van der Waals surface area contributed by atoms with Gasteiger partial charge in [0.2, 0.25) is 5.91 Å². The van der Waals surface area contributed by atoms with Gasteiger partial charge >= 0.3 is 0 Å². The third kappa shape index (κ3) is 8.67. The van der Waals surface area contributed by atoms with Crippen molar-refractivity contribution in [2.75, 3.05) is 48.4 Å². The Morgan fingerprint density at radius 3 is 2.16 bits per heavy atom. The van der Waals surface area contributed by atoms with Gasteiger partial charge in [0.15, 0.2) is 0 Å². The number of unbranched alkanes of at least 4 members (excludes halogenated alkanes) is 6. The Labute approximate surface area is 228 Å². The molecule has 2 amide bonds. The summed E-state index contributed by atoms with van der Waals surface area (Å²) >= 11 is 0. The highest BCUT2D eigenvalue weighted by Crippen LogP contribution is 2.31. The lowest BCUT2D eigenvalue weighted by Gasteiger charge is -2.38. The van der Waals surface area contributed by atoms with Crippen LogP contribution in [0.3, 0.4) is 0 Å². The van der Waals surface area contributed by atoms with Crippen molar-refractivity contribution < 1.29 is 14.3 Å². The number of amides is 2. The molecule has 2 aromatic rings. The molecule has 1 aliphatic rings. The number of carbonyl (C=O) groups excluding carboxylic acids is 2. The number of piperazine rings is 1. The van der Waals surface area contributed by atoms with Crippen LogP contribution in [0.5, 0.6) is 5.75 Å². The van der Waals surface area contributed by atoms with Crippen molar-refractivity contribution in [3.05, 3.63) is 48.0 Å². The molecule has 3 rings (SSSR count). The Morgan fingerprint density at radius 2 is 1.50 bits per heavy atom. The number of carbonyl (C=O) groups is 2. The number of benzene rings is 2. The first-order valence-corrected chi connectivity index (χ1v) is 14.3. The lowest BCUT2D eigenvalue weighted by Crippen LogP contribution is -2.47. The van der Waals surface area contributed by atoms with Gasteiger partial charge in [0, 0.05) is 50.0 Å². The van der Waals surface area contributed by atoms with E-state index in [9.17, 15) is 9.59 Å². The first-order valence-electron chi connectivity index (χ1n) is 14.3. The summed E-state index contributed by atoms with van der Waals surface area (Å²) in [6.45, 7) is 9.34. The molecule has 0 atom stereocenters. The van der Waals surface area contributed by atoms with Crippen molar-refractivity contribution in [1.29, 1.82) is 0 Å². The predicted octanol–water partition coefficient (Wildman–Crippen LogP) is 6.24. The van der Waals surface area contributed by atoms with E-state index in [1.165, 1.54) is 32.1 Å². The lowest BCUT2D eigenvalue weighted by molar-refractivity contribution is -0.116. The molecule has 1 heterocycles. The first-order chi connectivity index (χ1) is 18.4. The molecule has 0 bridgehead atoms. The molecule has 1 aliphatic heterocycles. The van der Waals surface area contributed by atoms with Crippen LogP contribution >= 0.6 is 0 Å². The van der Waals surface area contributed by atoms with E-state index in [0.717, 1.165) is 56.1 Å². The maximum atomic E-state index is 13.2. The van der Waals surface area contributed by atoms with Gasteiger partial charge in [0.05, 0.1) is 18.4 Å². The number of rotatable bonds is 14. The average molecular weight is 523 g/mol. The van der Waals surface area contributed by atoms with Crippen molar-refractivity contribution in [2.45, 2.75) is 78.2 Å². The van der Waals surface area contributed by atoms with Gasteiger partial charge in [-0.2, -0.15) is 0 Å². The number of hydrogen-bond acceptors (Lipinski definition) is 5. The quantitative estimate of drug-likeness (QED) is 0.287. The standard InChI is InChI=1S/C31H46N4O3/c1-5-6-7-8-9-10-11-16-30(36)33-25-17-18-27(26(23-25)31(37)32-24(2)3)34-19-21-35(22-20-34)28-14-12-13-15-29(28)38-4/h12-15,17-18,23-24H,5-11,16,19-22H2,1-4H3,(H,32,37)(H,33,36). The molecule has 0 radical (unpaired) electrons. The summed E-state index contributed by atoms with van der Waals surface area (Å²) in [5.41, 5.74) is 3.25. The normalized spacial score (nSPS) is 13.5. The van der Waals surface area contributed by atoms with Gasteiger partial charge in [0.25, 0.3) is 5.91 Å². The Morgan fingerprint density at radius 1 is 0.868 bits per heavy atom. The molecular formula is C31H46N4O3. The molecule has 1 fully saturated rings. The van der Waals surface area contributed by atoms with Crippen LogP contribution in [0.15, 0.2) is 42.5 Å². The monoisotopic (exact) mass is 522 g/mol. The molecule has 2 aromatic carbocycles. The molecule has 7 nitrogen and oxygen atoms in total. The van der Waals surface area contributed by atoms with Crippen LogP contribution in [0.1, 0.15) is 82.5 Å². The molecule has 0 saturated carbocycles. The van der Waals surface area contributed by atoms with Gasteiger partial charge in [-0.25, -0.2) is 0 Å². The average Bonchev–Trinajstić information content (AvgIpc) is 2.92. The van der Waals surface area contributed by atoms with E-state index >= 15 is 0 Å². The number of nitrogens with zero attached hydrogens (tertiary/aromatic N) is 2. The Bertz CT molecular complexity index is 1030. The lowest BCUT2D eigenvalue weighted by atomic mass is 10.1. The third-order valence-corrected chi connectivity index (χ3v) is 7.00. The molecule has 0 aromatic heterocycles. The van der Waals surface area contributed by atoms with Gasteiger partial charge < -0.3 is 25.2 Å². The predicted molar refractivity (Wildman–Crippen MR) is 158 cm³/mol. The fourth-order valence-corrected chi connectivity index (χ4v) is 4.96. The van der Waals surface area contributed by atoms with E-state index in [0.29, 0.717) is 17.7 Å². The molecule has 1 saturated heterocycles. The molecule has 0 unspecified atom stereocenters. The summed E-state index contributed by atoms with van der Waals surface area (Å²) in [4.78, 5) is 30.3. The molecule has 0 aliphatic carbocycles. The maximum absolute atomic E-state index is 13.2. The van der Waals surface area contributed by atoms with Crippen molar-refractivity contribution in [3.8, 4) is 5.75 Å². The molecular weight excluding hydrogens is 476 g/mol. The summed E-state index contributed by atoms with van der Waals surface area (Å²) in [7, 11) is 1.70. The Balaban J connectivity index is 1.64. The summed E-state index contributed by atoms with van der Waals surface area (Å²) < 4.78 is 5.55. The van der Waals surface area contributed by atoms with Crippen molar-refractivity contribution >= 4 is 28.9 Å². The molecule has 208 valence electrons. The third-order valence-electron chi connectivity index (χ3n) is 7.00. The topological polar surface area (TPSA) is 73.9 Å². The van der Waals surface area contributed by atoms with E-state index in [4.69, 9.17) is 4.74 Å². The minimum atomic E-state index is -0.120. The Hall–Kier alpha value is -3.22. The number of para-hydroxylation sites is 2. The van der Waals surface area contributed by atoms with Gasteiger partial charge in [-0.15, -0.1) is 0 Å². The SMILES string of the molecule is CCCCCCCCCC(=O)Nc1ccc(N2CCN(c3ccccc3OC)CC2)c(C(=O)NC(C)C)c1. The fraction of sp³-hybridized carbons (Fsp3) is 0.548. The van der Waals surface area contributed by atoms with Crippen LogP contribution in [0.4, 0.5) is 17.1 Å². The maximum Gasteiger partial charge on any atom is 0.253 e. The van der Waals surface area contributed by atoms with Crippen LogP contribution in [0, 0.1) is 0 Å². The smallest absolute Gasteiger partial charge is 0.253 e. The van der Waals surface area contributed by atoms with Gasteiger partial charge in [-0.1, -0.05) is 57.6 Å². The van der Waals surface area contributed by atoms with E-state index in [1.807, 2.05) is 50.2 Å². The second-order valence-corrected chi connectivity index (χ2v) is 10.4. The minimum absolute atomic E-state index is 0.00643. The van der Waals surface area contributed by atoms with Crippen molar-refractivity contribution in [2.24, 2.45) is 0 Å². The van der Waals surface area contributed by atoms with E-state index in [-0.39, 0.29) is 17.9 Å². The highest BCUT2D eigenvalue weighted by molar-refractivity contribution is 6.02. The van der Waals surface area contributed by atoms with Crippen LogP contribution in [-0.2, 0) is 4.79 Å². The van der Waals surface area contributed by atoms with E-state index < -0.39 is 0 Å². The second-order valence-electron chi connectivity index (χ2n) is 10.4. The summed E-state index contributed by atoms with van der Waals surface area (Å²) in [5, 5.41) is 6.04. The highest BCUT2D eigenvalue weighted by Gasteiger charge is 2.24. The zero-order valence-electron chi connectivity index (χ0n) is 23.7. The molecule has 2 N–H and O–H groups in total. The number of anilines is 3. The Kier molecular flexibility index (Phi) is 11.8. The highest BCUT2D eigenvalue weighted by atomic mass is 16.5. The molecule has 38 heavy (non-hydrogen) atoms. The second kappa shape index (κ2) is 15.3. The largest absolute Gasteiger partial charge is 0.495 e. The van der Waals surface area contributed by atoms with Crippen LogP contribution in [-0.4, -0.2) is 51.1 Å². The number of methoxy groups -OCH3 is 1.